The fraction of sp³-hybridized carbons (Fsp3) is 0.647. The van der Waals surface area contributed by atoms with Crippen LogP contribution in [0.4, 0.5) is 4.79 Å². The second kappa shape index (κ2) is 7.06. The molecule has 6 nitrogen and oxygen atoms in total. The highest BCUT2D eigenvalue weighted by atomic mass is 16.2. The minimum Gasteiger partial charge on any atom is -0.357 e. The summed E-state index contributed by atoms with van der Waals surface area (Å²) in [5.41, 5.74) is 0.788. The highest BCUT2D eigenvalue weighted by Crippen LogP contribution is 2.09. The number of nitrogens with one attached hydrogen (secondary N) is 1. The number of hydrogen-bond donors (Lipinski definition) is 1. The predicted octanol–water partition coefficient (Wildman–Crippen LogP) is 1.61. The lowest BCUT2D eigenvalue weighted by Gasteiger charge is -2.27. The molecule has 1 N–H and O–H groups in total. The van der Waals surface area contributed by atoms with Gasteiger partial charge in [0.1, 0.15) is 0 Å². The number of carbonyl (C=O) groups is 2. The van der Waals surface area contributed by atoms with Crippen molar-refractivity contribution in [2.75, 3.05) is 26.2 Å². The van der Waals surface area contributed by atoms with Crippen LogP contribution in [-0.4, -0.2) is 58.0 Å². The van der Waals surface area contributed by atoms with E-state index >= 15 is 0 Å². The van der Waals surface area contributed by atoms with Crippen LogP contribution in [0.2, 0.25) is 0 Å². The molecular formula is C17H28N4O2. The molecule has 0 aromatic carbocycles. The van der Waals surface area contributed by atoms with Crippen LogP contribution in [0.15, 0.2) is 18.5 Å². The summed E-state index contributed by atoms with van der Waals surface area (Å²) in [4.78, 5) is 28.4. The van der Waals surface area contributed by atoms with Gasteiger partial charge < -0.3 is 19.7 Å². The van der Waals surface area contributed by atoms with Crippen molar-refractivity contribution in [2.45, 2.75) is 39.2 Å². The quantitative estimate of drug-likeness (QED) is 0.900. The van der Waals surface area contributed by atoms with Gasteiger partial charge in [-0.3, -0.25) is 4.79 Å². The van der Waals surface area contributed by atoms with Gasteiger partial charge in [0.05, 0.1) is 6.42 Å². The summed E-state index contributed by atoms with van der Waals surface area (Å²) in [5.74, 6) is 0.134. The molecular weight excluding hydrogens is 292 g/mol. The smallest absolute Gasteiger partial charge is 0.317 e. The number of carbonyl (C=O) groups excluding carboxylic acids is 2. The maximum absolute atomic E-state index is 12.4. The molecule has 1 aliphatic heterocycles. The molecule has 1 fully saturated rings. The van der Waals surface area contributed by atoms with Gasteiger partial charge in [0.2, 0.25) is 5.91 Å². The Morgan fingerprint density at radius 3 is 2.39 bits per heavy atom. The second-order valence-electron chi connectivity index (χ2n) is 7.26. The zero-order valence-electron chi connectivity index (χ0n) is 14.6. The molecule has 0 aliphatic carbocycles. The lowest BCUT2D eigenvalue weighted by Crippen LogP contribution is -2.49. The molecule has 2 rings (SSSR count). The number of amides is 3. The Morgan fingerprint density at radius 1 is 1.13 bits per heavy atom. The molecule has 6 heteroatoms. The van der Waals surface area contributed by atoms with E-state index in [0.717, 1.165) is 12.0 Å². The van der Waals surface area contributed by atoms with Gasteiger partial charge in [-0.25, -0.2) is 4.79 Å². The maximum atomic E-state index is 12.4. The molecule has 0 spiro atoms. The Balaban J connectivity index is 1.88. The molecule has 1 saturated heterocycles. The van der Waals surface area contributed by atoms with E-state index in [-0.39, 0.29) is 17.5 Å². The summed E-state index contributed by atoms with van der Waals surface area (Å²) < 4.78 is 1.95. The normalized spacial score (nSPS) is 16.2. The summed E-state index contributed by atoms with van der Waals surface area (Å²) in [6.07, 6.45) is 5.16. The minimum atomic E-state index is -0.244. The van der Waals surface area contributed by atoms with Gasteiger partial charge >= 0.3 is 6.03 Å². The van der Waals surface area contributed by atoms with Gasteiger partial charge in [0, 0.05) is 51.2 Å². The minimum absolute atomic E-state index is 0.0464. The molecule has 0 atom stereocenters. The Morgan fingerprint density at radius 2 is 1.78 bits per heavy atom. The Hall–Kier alpha value is -1.98. The van der Waals surface area contributed by atoms with Crippen molar-refractivity contribution in [1.82, 2.24) is 19.7 Å². The molecule has 0 unspecified atom stereocenters. The van der Waals surface area contributed by atoms with E-state index in [9.17, 15) is 9.59 Å². The average molecular weight is 320 g/mol. The molecule has 1 aromatic rings. The van der Waals surface area contributed by atoms with Crippen LogP contribution in [0.1, 0.15) is 32.8 Å². The summed E-state index contributed by atoms with van der Waals surface area (Å²) in [6.45, 7) is 8.50. The largest absolute Gasteiger partial charge is 0.357 e. The number of aryl methyl sites for hydroxylation is 1. The van der Waals surface area contributed by atoms with Crippen LogP contribution in [0.5, 0.6) is 0 Å². The van der Waals surface area contributed by atoms with Crippen molar-refractivity contribution in [1.29, 1.82) is 0 Å². The first kappa shape index (κ1) is 17.4. The van der Waals surface area contributed by atoms with Crippen LogP contribution in [0.3, 0.4) is 0 Å². The van der Waals surface area contributed by atoms with Crippen molar-refractivity contribution in [2.24, 2.45) is 7.05 Å². The van der Waals surface area contributed by atoms with Crippen LogP contribution in [-0.2, 0) is 18.3 Å². The summed E-state index contributed by atoms with van der Waals surface area (Å²) in [7, 11) is 1.95. The third-order valence-corrected chi connectivity index (χ3v) is 3.87. The topological polar surface area (TPSA) is 57.6 Å². The number of aromatic nitrogens is 1. The molecule has 1 aliphatic rings. The van der Waals surface area contributed by atoms with E-state index in [2.05, 4.69) is 5.32 Å². The number of urea groups is 1. The predicted molar refractivity (Wildman–Crippen MR) is 90.2 cm³/mol. The molecule has 3 amide bonds. The lowest BCUT2D eigenvalue weighted by molar-refractivity contribution is -0.130. The standard InChI is InChI=1S/C17H28N4O2/c1-17(2,3)18-16(23)21-8-5-7-20(10-11-21)15(22)12-14-6-9-19(4)13-14/h6,9,13H,5,7-8,10-12H2,1-4H3,(H,18,23). The van der Waals surface area contributed by atoms with Crippen LogP contribution in [0, 0.1) is 0 Å². The SMILES string of the molecule is Cn1ccc(CC(=O)N2CCCN(C(=O)NC(C)(C)C)CC2)c1. The number of rotatable bonds is 2. The Bertz CT molecular complexity index is 559. The maximum Gasteiger partial charge on any atom is 0.317 e. The molecule has 0 radical (unpaired) electrons. The summed E-state index contributed by atoms with van der Waals surface area (Å²) in [6, 6.07) is 1.92. The van der Waals surface area contributed by atoms with E-state index in [4.69, 9.17) is 0 Å². The zero-order chi connectivity index (χ0) is 17.0. The van der Waals surface area contributed by atoms with Crippen molar-refractivity contribution < 1.29 is 9.59 Å². The molecule has 128 valence electrons. The van der Waals surface area contributed by atoms with Crippen molar-refractivity contribution >= 4 is 11.9 Å². The van der Waals surface area contributed by atoms with Crippen LogP contribution >= 0.6 is 0 Å². The summed E-state index contributed by atoms with van der Waals surface area (Å²) >= 11 is 0. The molecule has 23 heavy (non-hydrogen) atoms. The van der Waals surface area contributed by atoms with Crippen LogP contribution < -0.4 is 5.32 Å². The van der Waals surface area contributed by atoms with E-state index in [1.165, 1.54) is 0 Å². The molecule has 0 saturated carbocycles. The monoisotopic (exact) mass is 320 g/mol. The van der Waals surface area contributed by atoms with Crippen molar-refractivity contribution in [3.63, 3.8) is 0 Å². The van der Waals surface area contributed by atoms with E-state index in [1.54, 1.807) is 4.90 Å². The first-order valence-corrected chi connectivity index (χ1v) is 8.20. The van der Waals surface area contributed by atoms with Gasteiger partial charge in [0.25, 0.3) is 0 Å². The van der Waals surface area contributed by atoms with Gasteiger partial charge in [-0.15, -0.1) is 0 Å². The average Bonchev–Trinajstić information content (AvgIpc) is 2.71. The molecule has 1 aromatic heterocycles. The Labute approximate surface area is 138 Å². The molecule has 0 bridgehead atoms. The lowest BCUT2D eigenvalue weighted by atomic mass is 10.1. The first-order valence-electron chi connectivity index (χ1n) is 8.20. The van der Waals surface area contributed by atoms with Gasteiger partial charge in [-0.05, 0) is 38.8 Å². The van der Waals surface area contributed by atoms with Gasteiger partial charge in [0.15, 0.2) is 0 Å². The van der Waals surface area contributed by atoms with E-state index < -0.39 is 0 Å². The second-order valence-corrected chi connectivity index (χ2v) is 7.26. The Kier molecular flexibility index (Phi) is 5.34. The van der Waals surface area contributed by atoms with E-state index in [1.807, 2.05) is 55.7 Å². The van der Waals surface area contributed by atoms with Gasteiger partial charge in [-0.1, -0.05) is 0 Å². The van der Waals surface area contributed by atoms with Crippen molar-refractivity contribution in [3.05, 3.63) is 24.0 Å². The third kappa shape index (κ3) is 5.30. The summed E-state index contributed by atoms with van der Waals surface area (Å²) in [5, 5.41) is 2.98. The van der Waals surface area contributed by atoms with Crippen LogP contribution in [0.25, 0.3) is 0 Å². The fourth-order valence-corrected chi connectivity index (χ4v) is 2.72. The highest BCUT2D eigenvalue weighted by molar-refractivity contribution is 5.79. The number of nitrogens with zero attached hydrogens (tertiary/aromatic N) is 3. The third-order valence-electron chi connectivity index (χ3n) is 3.87. The zero-order valence-corrected chi connectivity index (χ0v) is 14.6. The van der Waals surface area contributed by atoms with E-state index in [0.29, 0.717) is 32.6 Å². The van der Waals surface area contributed by atoms with Gasteiger partial charge in [-0.2, -0.15) is 0 Å². The molecule has 2 heterocycles. The number of hydrogen-bond acceptors (Lipinski definition) is 2. The van der Waals surface area contributed by atoms with Crippen molar-refractivity contribution in [3.8, 4) is 0 Å². The highest BCUT2D eigenvalue weighted by Gasteiger charge is 2.24. The first-order chi connectivity index (χ1) is 10.7. The fourth-order valence-electron chi connectivity index (χ4n) is 2.72.